The number of carboxylic acid groups (broad SMARTS) is 1. The van der Waals surface area contributed by atoms with Gasteiger partial charge in [0.2, 0.25) is 5.91 Å². The Balaban J connectivity index is 2.55. The summed E-state index contributed by atoms with van der Waals surface area (Å²) in [5, 5.41) is 11.7. The second-order valence-electron chi connectivity index (χ2n) is 3.85. The molecule has 0 radical (unpaired) electrons. The van der Waals surface area contributed by atoms with E-state index in [0.29, 0.717) is 25.1 Å². The molecule has 1 amide bonds. The smallest absolute Gasteiger partial charge is 0.307 e. The van der Waals surface area contributed by atoms with Crippen molar-refractivity contribution in [3.8, 4) is 0 Å². The van der Waals surface area contributed by atoms with E-state index in [1.165, 1.54) is 0 Å². The van der Waals surface area contributed by atoms with Crippen molar-refractivity contribution in [3.05, 3.63) is 0 Å². The summed E-state index contributed by atoms with van der Waals surface area (Å²) in [5.74, 6) is -1.25. The van der Waals surface area contributed by atoms with Crippen LogP contribution in [-0.4, -0.2) is 29.3 Å². The van der Waals surface area contributed by atoms with E-state index >= 15 is 0 Å². The Morgan fingerprint density at radius 2 is 1.87 bits per heavy atom. The minimum Gasteiger partial charge on any atom is -0.481 e. The molecular weight excluding hydrogens is 214 g/mol. The molecule has 1 saturated carbocycles. The average molecular weight is 231 g/mol. The largest absolute Gasteiger partial charge is 0.481 e. The third kappa shape index (κ3) is 3.41. The van der Waals surface area contributed by atoms with Crippen molar-refractivity contribution in [1.82, 2.24) is 5.32 Å². The molecule has 0 heterocycles. The SMILES string of the molecule is O=C(O)[C@H]1CCCC[C@H]1C(=O)NCCS. The maximum absolute atomic E-state index is 11.7. The van der Waals surface area contributed by atoms with Crippen LogP contribution in [0.3, 0.4) is 0 Å². The molecule has 1 aliphatic carbocycles. The Bertz CT molecular complexity index is 245. The summed E-state index contributed by atoms with van der Waals surface area (Å²) in [6.07, 6.45) is 3.17. The molecule has 0 aromatic rings. The molecule has 1 rings (SSSR count). The number of carboxylic acids is 1. The molecule has 4 nitrogen and oxygen atoms in total. The second-order valence-corrected chi connectivity index (χ2v) is 4.30. The van der Waals surface area contributed by atoms with Gasteiger partial charge in [0.15, 0.2) is 0 Å². The lowest BCUT2D eigenvalue weighted by Gasteiger charge is -2.27. The van der Waals surface area contributed by atoms with Crippen LogP contribution in [0.1, 0.15) is 25.7 Å². The van der Waals surface area contributed by atoms with Crippen molar-refractivity contribution in [1.29, 1.82) is 0 Å². The molecule has 0 spiro atoms. The highest BCUT2D eigenvalue weighted by atomic mass is 32.1. The normalized spacial score (nSPS) is 25.9. The topological polar surface area (TPSA) is 66.4 Å². The molecule has 0 aromatic carbocycles. The number of hydrogen-bond donors (Lipinski definition) is 3. The van der Waals surface area contributed by atoms with Crippen LogP contribution in [0.25, 0.3) is 0 Å². The van der Waals surface area contributed by atoms with Crippen molar-refractivity contribution in [2.45, 2.75) is 25.7 Å². The summed E-state index contributed by atoms with van der Waals surface area (Å²) in [4.78, 5) is 22.6. The molecule has 1 aliphatic rings. The van der Waals surface area contributed by atoms with Crippen LogP contribution in [0.4, 0.5) is 0 Å². The number of rotatable bonds is 4. The zero-order valence-electron chi connectivity index (χ0n) is 8.61. The number of amides is 1. The van der Waals surface area contributed by atoms with Crippen LogP contribution in [0, 0.1) is 11.8 Å². The van der Waals surface area contributed by atoms with E-state index in [1.807, 2.05) is 0 Å². The lowest BCUT2D eigenvalue weighted by molar-refractivity contribution is -0.148. The van der Waals surface area contributed by atoms with E-state index in [9.17, 15) is 9.59 Å². The Morgan fingerprint density at radius 3 is 2.40 bits per heavy atom. The van der Waals surface area contributed by atoms with Crippen molar-refractivity contribution in [2.24, 2.45) is 11.8 Å². The number of hydrogen-bond acceptors (Lipinski definition) is 3. The first-order chi connectivity index (χ1) is 7.16. The molecule has 1 fully saturated rings. The minimum atomic E-state index is -0.847. The quantitative estimate of drug-likeness (QED) is 0.630. The first-order valence-electron chi connectivity index (χ1n) is 5.28. The number of nitrogens with one attached hydrogen (secondary N) is 1. The van der Waals surface area contributed by atoms with Gasteiger partial charge in [-0.25, -0.2) is 0 Å². The summed E-state index contributed by atoms with van der Waals surface area (Å²) < 4.78 is 0. The monoisotopic (exact) mass is 231 g/mol. The van der Waals surface area contributed by atoms with Gasteiger partial charge in [-0.15, -0.1) is 0 Å². The standard InChI is InChI=1S/C10H17NO3S/c12-9(11-5-6-15)7-3-1-2-4-8(7)10(13)14/h7-8,15H,1-6H2,(H,11,12)(H,13,14)/t7-,8+/m1/s1. The summed E-state index contributed by atoms with van der Waals surface area (Å²) in [6, 6.07) is 0. The third-order valence-corrected chi connectivity index (χ3v) is 3.05. The Hall–Kier alpha value is -0.710. The molecule has 0 unspecified atom stereocenters. The lowest BCUT2D eigenvalue weighted by Crippen LogP contribution is -2.40. The fraction of sp³-hybridized carbons (Fsp3) is 0.800. The third-order valence-electron chi connectivity index (χ3n) is 2.83. The van der Waals surface area contributed by atoms with Gasteiger partial charge in [-0.3, -0.25) is 9.59 Å². The van der Waals surface area contributed by atoms with Gasteiger partial charge in [-0.1, -0.05) is 12.8 Å². The van der Waals surface area contributed by atoms with Gasteiger partial charge in [0.05, 0.1) is 11.8 Å². The first kappa shape index (κ1) is 12.4. The number of carbonyl (C=O) groups excluding carboxylic acids is 1. The van der Waals surface area contributed by atoms with Crippen LogP contribution in [0.5, 0.6) is 0 Å². The van der Waals surface area contributed by atoms with E-state index in [1.54, 1.807) is 0 Å². The minimum absolute atomic E-state index is 0.129. The molecular formula is C10H17NO3S. The van der Waals surface area contributed by atoms with Crippen molar-refractivity contribution >= 4 is 24.5 Å². The zero-order valence-corrected chi connectivity index (χ0v) is 9.50. The van der Waals surface area contributed by atoms with Crippen molar-refractivity contribution < 1.29 is 14.7 Å². The molecule has 5 heteroatoms. The number of carbonyl (C=O) groups is 2. The van der Waals surface area contributed by atoms with Gasteiger partial charge in [-0.2, -0.15) is 12.6 Å². The highest BCUT2D eigenvalue weighted by Gasteiger charge is 2.35. The Labute approximate surface area is 94.8 Å². The van der Waals surface area contributed by atoms with Crippen molar-refractivity contribution in [3.63, 3.8) is 0 Å². The van der Waals surface area contributed by atoms with E-state index < -0.39 is 11.9 Å². The number of aliphatic carboxylic acids is 1. The summed E-state index contributed by atoms with van der Waals surface area (Å²) in [5.41, 5.74) is 0. The highest BCUT2D eigenvalue weighted by molar-refractivity contribution is 7.80. The van der Waals surface area contributed by atoms with E-state index in [-0.39, 0.29) is 11.8 Å². The van der Waals surface area contributed by atoms with Gasteiger partial charge in [0.25, 0.3) is 0 Å². The summed E-state index contributed by atoms with van der Waals surface area (Å²) in [6.45, 7) is 0.505. The first-order valence-corrected chi connectivity index (χ1v) is 5.91. The van der Waals surface area contributed by atoms with Crippen LogP contribution < -0.4 is 5.32 Å². The van der Waals surface area contributed by atoms with Crippen LogP contribution >= 0.6 is 12.6 Å². The molecule has 2 atom stereocenters. The molecule has 2 N–H and O–H groups in total. The van der Waals surface area contributed by atoms with Gasteiger partial charge >= 0.3 is 5.97 Å². The maximum Gasteiger partial charge on any atom is 0.307 e. The van der Waals surface area contributed by atoms with Crippen molar-refractivity contribution in [2.75, 3.05) is 12.3 Å². The summed E-state index contributed by atoms with van der Waals surface area (Å²) >= 11 is 3.99. The maximum atomic E-state index is 11.7. The van der Waals surface area contributed by atoms with E-state index in [4.69, 9.17) is 5.11 Å². The molecule has 0 aliphatic heterocycles. The predicted molar refractivity (Wildman–Crippen MR) is 59.9 cm³/mol. The van der Waals surface area contributed by atoms with Crippen LogP contribution in [0.2, 0.25) is 0 Å². The Morgan fingerprint density at radius 1 is 1.27 bits per heavy atom. The molecule has 0 bridgehead atoms. The van der Waals surface area contributed by atoms with Crippen LogP contribution in [0.15, 0.2) is 0 Å². The van der Waals surface area contributed by atoms with Gasteiger partial charge in [0, 0.05) is 12.3 Å². The van der Waals surface area contributed by atoms with Crippen LogP contribution in [-0.2, 0) is 9.59 Å². The molecule has 0 aromatic heterocycles. The fourth-order valence-corrected chi connectivity index (χ4v) is 2.16. The van der Waals surface area contributed by atoms with Gasteiger partial charge in [-0.05, 0) is 12.8 Å². The molecule has 15 heavy (non-hydrogen) atoms. The van der Waals surface area contributed by atoms with Gasteiger partial charge in [0.1, 0.15) is 0 Å². The summed E-state index contributed by atoms with van der Waals surface area (Å²) in [7, 11) is 0. The highest BCUT2D eigenvalue weighted by Crippen LogP contribution is 2.30. The number of thiol groups is 1. The van der Waals surface area contributed by atoms with E-state index in [0.717, 1.165) is 12.8 Å². The van der Waals surface area contributed by atoms with Gasteiger partial charge < -0.3 is 10.4 Å². The second kappa shape index (κ2) is 6.00. The molecule has 0 saturated heterocycles. The zero-order chi connectivity index (χ0) is 11.3. The molecule has 86 valence electrons. The fourth-order valence-electron chi connectivity index (χ4n) is 2.05. The average Bonchev–Trinajstić information content (AvgIpc) is 2.25. The van der Waals surface area contributed by atoms with E-state index in [2.05, 4.69) is 17.9 Å². The Kier molecular flexibility index (Phi) is 4.94. The predicted octanol–water partition coefficient (Wildman–Crippen LogP) is 0.923. The lowest BCUT2D eigenvalue weighted by atomic mass is 9.79.